The zero-order valence-electron chi connectivity index (χ0n) is 11.2. The van der Waals surface area contributed by atoms with Gasteiger partial charge in [-0.05, 0) is 37.1 Å². The van der Waals surface area contributed by atoms with Crippen molar-refractivity contribution >= 4 is 11.9 Å². The first-order chi connectivity index (χ1) is 9.52. The number of aliphatic carboxylic acids is 1. The highest BCUT2D eigenvalue weighted by Gasteiger charge is 2.20. The fourth-order valence-corrected chi connectivity index (χ4v) is 1.76. The number of carboxylic acids is 1. The number of nitrogens with one attached hydrogen (secondary N) is 1. The van der Waals surface area contributed by atoms with Gasteiger partial charge in [0.1, 0.15) is 11.8 Å². The van der Waals surface area contributed by atoms with Crippen molar-refractivity contribution in [2.45, 2.75) is 31.7 Å². The topological polar surface area (TPSA) is 113 Å². The average Bonchev–Trinajstić information content (AvgIpc) is 2.40. The highest BCUT2D eigenvalue weighted by Crippen LogP contribution is 2.11. The van der Waals surface area contributed by atoms with E-state index in [1.807, 2.05) is 0 Å². The minimum absolute atomic E-state index is 0.117. The van der Waals surface area contributed by atoms with Gasteiger partial charge in [0.05, 0.1) is 0 Å². The molecule has 0 saturated carbocycles. The molecule has 0 fully saturated rings. The van der Waals surface area contributed by atoms with E-state index in [0.29, 0.717) is 13.0 Å². The molecule has 0 aliphatic rings. The van der Waals surface area contributed by atoms with Crippen molar-refractivity contribution < 1.29 is 19.8 Å². The van der Waals surface area contributed by atoms with Gasteiger partial charge in [-0.2, -0.15) is 0 Å². The Kier molecular flexibility index (Phi) is 6.52. The zero-order valence-corrected chi connectivity index (χ0v) is 11.2. The van der Waals surface area contributed by atoms with Crippen molar-refractivity contribution in [1.29, 1.82) is 0 Å². The molecule has 110 valence electrons. The summed E-state index contributed by atoms with van der Waals surface area (Å²) in [4.78, 5) is 22.8. The molecule has 1 aromatic rings. The van der Waals surface area contributed by atoms with Crippen molar-refractivity contribution in [2.75, 3.05) is 6.54 Å². The molecule has 20 heavy (non-hydrogen) atoms. The van der Waals surface area contributed by atoms with Crippen LogP contribution in [0.3, 0.4) is 0 Å². The van der Waals surface area contributed by atoms with Crippen molar-refractivity contribution in [3.8, 4) is 5.75 Å². The van der Waals surface area contributed by atoms with E-state index in [1.54, 1.807) is 12.1 Å². The van der Waals surface area contributed by atoms with Gasteiger partial charge in [-0.25, -0.2) is 4.79 Å². The van der Waals surface area contributed by atoms with Crippen LogP contribution in [0.2, 0.25) is 0 Å². The number of hydrogen-bond donors (Lipinski definition) is 4. The maximum atomic E-state index is 11.6. The van der Waals surface area contributed by atoms with Crippen LogP contribution in [0.25, 0.3) is 0 Å². The van der Waals surface area contributed by atoms with Gasteiger partial charge in [0.2, 0.25) is 5.91 Å². The molecule has 0 saturated heterocycles. The first-order valence-corrected chi connectivity index (χ1v) is 6.53. The third kappa shape index (κ3) is 5.71. The number of amides is 1. The molecule has 1 rings (SSSR count). The van der Waals surface area contributed by atoms with E-state index >= 15 is 0 Å². The second kappa shape index (κ2) is 8.16. The van der Waals surface area contributed by atoms with Crippen LogP contribution in [0.1, 0.15) is 24.8 Å². The molecule has 6 heteroatoms. The molecule has 0 heterocycles. The van der Waals surface area contributed by atoms with Gasteiger partial charge >= 0.3 is 5.97 Å². The smallest absolute Gasteiger partial charge is 0.326 e. The van der Waals surface area contributed by atoms with Gasteiger partial charge in [-0.3, -0.25) is 4.79 Å². The first kappa shape index (κ1) is 16.0. The lowest BCUT2D eigenvalue weighted by molar-refractivity contribution is -0.141. The summed E-state index contributed by atoms with van der Waals surface area (Å²) < 4.78 is 0. The summed E-state index contributed by atoms with van der Waals surface area (Å²) in [7, 11) is 0. The SMILES string of the molecule is NCCCCC(=O)NC(Cc1ccc(O)cc1)C(=O)O. The Balaban J connectivity index is 2.54. The molecule has 5 N–H and O–H groups in total. The normalized spacial score (nSPS) is 11.8. The summed E-state index contributed by atoms with van der Waals surface area (Å²) in [6.45, 7) is 0.517. The van der Waals surface area contributed by atoms with Gasteiger partial charge in [0.15, 0.2) is 0 Å². The number of phenols is 1. The number of aromatic hydroxyl groups is 1. The summed E-state index contributed by atoms with van der Waals surface area (Å²) >= 11 is 0. The Bertz CT molecular complexity index is 445. The molecule has 1 atom stereocenters. The van der Waals surface area contributed by atoms with Crippen LogP contribution in [0.5, 0.6) is 5.75 Å². The van der Waals surface area contributed by atoms with Crippen LogP contribution < -0.4 is 11.1 Å². The highest BCUT2D eigenvalue weighted by atomic mass is 16.4. The van der Waals surface area contributed by atoms with Crippen molar-refractivity contribution in [1.82, 2.24) is 5.32 Å². The Morgan fingerprint density at radius 3 is 2.40 bits per heavy atom. The fourth-order valence-electron chi connectivity index (χ4n) is 1.76. The highest BCUT2D eigenvalue weighted by molar-refractivity contribution is 5.83. The van der Waals surface area contributed by atoms with Crippen molar-refractivity contribution in [2.24, 2.45) is 5.73 Å². The fraction of sp³-hybridized carbons (Fsp3) is 0.429. The van der Waals surface area contributed by atoms with Crippen molar-refractivity contribution in [3.05, 3.63) is 29.8 Å². The van der Waals surface area contributed by atoms with Gasteiger partial charge < -0.3 is 21.3 Å². The van der Waals surface area contributed by atoms with E-state index in [4.69, 9.17) is 15.9 Å². The number of phenolic OH excluding ortho intramolecular Hbond substituents is 1. The Labute approximate surface area is 117 Å². The lowest BCUT2D eigenvalue weighted by Gasteiger charge is -2.14. The molecule has 1 amide bonds. The predicted molar refractivity (Wildman–Crippen MR) is 74.3 cm³/mol. The molecule has 1 unspecified atom stereocenters. The molecule has 0 bridgehead atoms. The third-order valence-corrected chi connectivity index (χ3v) is 2.87. The van der Waals surface area contributed by atoms with Crippen LogP contribution in [0.4, 0.5) is 0 Å². The molecule has 1 aromatic carbocycles. The summed E-state index contributed by atoms with van der Waals surface area (Å²) in [6.07, 6.45) is 1.84. The number of unbranched alkanes of at least 4 members (excludes halogenated alkanes) is 1. The monoisotopic (exact) mass is 280 g/mol. The average molecular weight is 280 g/mol. The molecule has 0 aromatic heterocycles. The molecule has 0 aliphatic carbocycles. The van der Waals surface area contributed by atoms with Crippen LogP contribution in [-0.2, 0) is 16.0 Å². The number of carbonyl (C=O) groups is 2. The number of rotatable bonds is 8. The summed E-state index contributed by atoms with van der Waals surface area (Å²) in [5.74, 6) is -1.25. The largest absolute Gasteiger partial charge is 0.508 e. The molecule has 0 aliphatic heterocycles. The second-order valence-corrected chi connectivity index (χ2v) is 4.57. The lowest BCUT2D eigenvalue weighted by atomic mass is 10.1. The minimum Gasteiger partial charge on any atom is -0.508 e. The first-order valence-electron chi connectivity index (χ1n) is 6.53. The number of carbonyl (C=O) groups excluding carboxylic acids is 1. The summed E-state index contributed by atoms with van der Waals surface area (Å²) in [5, 5.41) is 20.8. The number of hydrogen-bond acceptors (Lipinski definition) is 4. The van der Waals surface area contributed by atoms with Gasteiger partial charge in [-0.15, -0.1) is 0 Å². The van der Waals surface area contributed by atoms with E-state index in [2.05, 4.69) is 5.32 Å². The van der Waals surface area contributed by atoms with E-state index in [1.165, 1.54) is 12.1 Å². The number of benzene rings is 1. The lowest BCUT2D eigenvalue weighted by Crippen LogP contribution is -2.42. The Morgan fingerprint density at radius 2 is 1.85 bits per heavy atom. The van der Waals surface area contributed by atoms with E-state index < -0.39 is 12.0 Å². The van der Waals surface area contributed by atoms with Gasteiger partial charge in [0.25, 0.3) is 0 Å². The maximum absolute atomic E-state index is 11.6. The molecular weight excluding hydrogens is 260 g/mol. The van der Waals surface area contributed by atoms with Crippen LogP contribution in [-0.4, -0.2) is 34.7 Å². The van der Waals surface area contributed by atoms with Gasteiger partial charge in [0, 0.05) is 12.8 Å². The van der Waals surface area contributed by atoms with E-state index in [0.717, 1.165) is 12.0 Å². The molecule has 6 nitrogen and oxygen atoms in total. The summed E-state index contributed by atoms with van der Waals surface area (Å²) in [6, 6.07) is 5.26. The zero-order chi connectivity index (χ0) is 15.0. The summed E-state index contributed by atoms with van der Waals surface area (Å²) in [5.41, 5.74) is 6.07. The number of nitrogens with two attached hydrogens (primary N) is 1. The third-order valence-electron chi connectivity index (χ3n) is 2.87. The van der Waals surface area contributed by atoms with E-state index in [-0.39, 0.29) is 24.5 Å². The standard InChI is InChI=1S/C14H20N2O4/c15-8-2-1-3-13(18)16-12(14(19)20)9-10-4-6-11(17)7-5-10/h4-7,12,17H,1-3,8-9,15H2,(H,16,18)(H,19,20). The quantitative estimate of drug-likeness (QED) is 0.522. The van der Waals surface area contributed by atoms with Crippen LogP contribution in [0, 0.1) is 0 Å². The Morgan fingerprint density at radius 1 is 1.20 bits per heavy atom. The minimum atomic E-state index is -1.08. The maximum Gasteiger partial charge on any atom is 0.326 e. The predicted octanol–water partition coefficient (Wildman–Crippen LogP) is 0.633. The molecule has 0 spiro atoms. The van der Waals surface area contributed by atoms with E-state index in [9.17, 15) is 9.59 Å². The van der Waals surface area contributed by atoms with Crippen LogP contribution >= 0.6 is 0 Å². The number of carboxylic acid groups (broad SMARTS) is 1. The van der Waals surface area contributed by atoms with Crippen molar-refractivity contribution in [3.63, 3.8) is 0 Å². The Hall–Kier alpha value is -2.08. The van der Waals surface area contributed by atoms with Gasteiger partial charge in [-0.1, -0.05) is 12.1 Å². The molecular formula is C14H20N2O4. The van der Waals surface area contributed by atoms with Crippen LogP contribution in [0.15, 0.2) is 24.3 Å². The molecule has 0 radical (unpaired) electrons. The second-order valence-electron chi connectivity index (χ2n) is 4.57.